The van der Waals surface area contributed by atoms with Gasteiger partial charge in [-0.15, -0.1) is 11.8 Å². The van der Waals surface area contributed by atoms with Gasteiger partial charge < -0.3 is 5.32 Å². The normalized spacial score (nSPS) is 10.4. The number of halogens is 1. The van der Waals surface area contributed by atoms with Crippen LogP contribution in [0.25, 0.3) is 0 Å². The molecule has 0 spiro atoms. The molecule has 0 radical (unpaired) electrons. The Morgan fingerprint density at radius 3 is 2.60 bits per heavy atom. The van der Waals surface area contributed by atoms with Crippen LogP contribution in [0.15, 0.2) is 41.3 Å². The average Bonchev–Trinajstić information content (AvgIpc) is 2.43. The number of carbonyl (C=O) groups excluding carboxylic acids is 1. The first-order valence-corrected chi connectivity index (χ1v) is 7.83. The fourth-order valence-corrected chi connectivity index (χ4v) is 2.51. The minimum Gasteiger partial charge on any atom is -0.322 e. The van der Waals surface area contributed by atoms with Crippen LogP contribution in [-0.4, -0.2) is 12.2 Å². The standard InChI is InChI=1S/C16H16ClNOS/c1-10-4-5-11(2)15(8-10)18-16(19)13-9-12(20-3)6-7-14(13)17/h4-9H,1-3H3,(H,18,19). The van der Waals surface area contributed by atoms with E-state index in [9.17, 15) is 4.79 Å². The Kier molecular flexibility index (Phi) is 4.73. The third kappa shape index (κ3) is 3.35. The van der Waals surface area contributed by atoms with Crippen molar-refractivity contribution in [3.63, 3.8) is 0 Å². The van der Waals surface area contributed by atoms with E-state index >= 15 is 0 Å². The number of benzene rings is 2. The van der Waals surface area contributed by atoms with Crippen LogP contribution in [0.1, 0.15) is 21.5 Å². The smallest absolute Gasteiger partial charge is 0.257 e. The number of thioether (sulfide) groups is 1. The molecule has 2 nitrogen and oxygen atoms in total. The van der Waals surface area contributed by atoms with Crippen molar-refractivity contribution in [2.45, 2.75) is 18.7 Å². The topological polar surface area (TPSA) is 29.1 Å². The van der Waals surface area contributed by atoms with Gasteiger partial charge in [0.15, 0.2) is 0 Å². The van der Waals surface area contributed by atoms with E-state index in [1.54, 1.807) is 17.8 Å². The molecule has 0 saturated heterocycles. The van der Waals surface area contributed by atoms with Gasteiger partial charge >= 0.3 is 0 Å². The van der Waals surface area contributed by atoms with Gasteiger partial charge in [-0.1, -0.05) is 23.7 Å². The largest absolute Gasteiger partial charge is 0.322 e. The molecule has 0 aliphatic rings. The summed E-state index contributed by atoms with van der Waals surface area (Å²) in [5.41, 5.74) is 3.45. The van der Waals surface area contributed by atoms with Crippen molar-refractivity contribution in [3.05, 3.63) is 58.1 Å². The zero-order valence-corrected chi connectivity index (χ0v) is 13.2. The van der Waals surface area contributed by atoms with E-state index in [-0.39, 0.29) is 5.91 Å². The van der Waals surface area contributed by atoms with Crippen molar-refractivity contribution in [1.82, 2.24) is 0 Å². The molecule has 2 aromatic carbocycles. The summed E-state index contributed by atoms with van der Waals surface area (Å²) >= 11 is 7.70. The van der Waals surface area contributed by atoms with E-state index in [0.717, 1.165) is 21.7 Å². The Balaban J connectivity index is 2.30. The summed E-state index contributed by atoms with van der Waals surface area (Å²) < 4.78 is 0. The fourth-order valence-electron chi connectivity index (χ4n) is 1.87. The van der Waals surface area contributed by atoms with E-state index in [2.05, 4.69) is 5.32 Å². The highest BCUT2D eigenvalue weighted by atomic mass is 35.5. The summed E-state index contributed by atoms with van der Waals surface area (Å²) in [6.45, 7) is 3.96. The number of amides is 1. The van der Waals surface area contributed by atoms with Gasteiger partial charge in [0.2, 0.25) is 0 Å². The third-order valence-corrected chi connectivity index (χ3v) is 4.11. The molecule has 1 N–H and O–H groups in total. The predicted molar refractivity (Wildman–Crippen MR) is 87.1 cm³/mol. The first-order chi connectivity index (χ1) is 9.51. The number of anilines is 1. The second-order valence-electron chi connectivity index (χ2n) is 4.62. The van der Waals surface area contributed by atoms with Gasteiger partial charge in [-0.25, -0.2) is 0 Å². The molecule has 0 bridgehead atoms. The van der Waals surface area contributed by atoms with Gasteiger partial charge in [0, 0.05) is 10.6 Å². The monoisotopic (exact) mass is 305 g/mol. The molecule has 104 valence electrons. The molecule has 2 aromatic rings. The van der Waals surface area contributed by atoms with E-state index in [4.69, 9.17) is 11.6 Å². The molecule has 2 rings (SSSR count). The van der Waals surface area contributed by atoms with E-state index in [0.29, 0.717) is 10.6 Å². The molecule has 0 unspecified atom stereocenters. The Hall–Kier alpha value is -1.45. The Labute approximate surface area is 128 Å². The van der Waals surface area contributed by atoms with Gasteiger partial charge in [0.05, 0.1) is 10.6 Å². The number of hydrogen-bond acceptors (Lipinski definition) is 2. The zero-order chi connectivity index (χ0) is 14.7. The van der Waals surface area contributed by atoms with Crippen LogP contribution in [0, 0.1) is 13.8 Å². The molecule has 4 heteroatoms. The van der Waals surface area contributed by atoms with E-state index in [1.165, 1.54) is 0 Å². The van der Waals surface area contributed by atoms with E-state index in [1.807, 2.05) is 50.4 Å². The number of rotatable bonds is 3. The molecule has 0 aliphatic heterocycles. The second kappa shape index (κ2) is 6.33. The average molecular weight is 306 g/mol. The predicted octanol–water partition coefficient (Wildman–Crippen LogP) is 4.93. The van der Waals surface area contributed by atoms with Crippen molar-refractivity contribution < 1.29 is 4.79 Å². The lowest BCUT2D eigenvalue weighted by Gasteiger charge is -2.11. The van der Waals surface area contributed by atoms with Crippen LogP contribution in [0.2, 0.25) is 5.02 Å². The highest BCUT2D eigenvalue weighted by Gasteiger charge is 2.12. The van der Waals surface area contributed by atoms with Crippen LogP contribution in [0.5, 0.6) is 0 Å². The lowest BCUT2D eigenvalue weighted by Crippen LogP contribution is -2.13. The molecule has 0 saturated carbocycles. The van der Waals surface area contributed by atoms with Crippen LogP contribution in [0.3, 0.4) is 0 Å². The number of carbonyl (C=O) groups is 1. The highest BCUT2D eigenvalue weighted by molar-refractivity contribution is 7.98. The molecule has 0 atom stereocenters. The summed E-state index contributed by atoms with van der Waals surface area (Å²) in [6, 6.07) is 11.4. The second-order valence-corrected chi connectivity index (χ2v) is 5.91. The van der Waals surface area contributed by atoms with Gasteiger partial charge in [-0.05, 0) is 55.5 Å². The minimum atomic E-state index is -0.181. The molecule has 0 aliphatic carbocycles. The first kappa shape index (κ1) is 14.9. The van der Waals surface area contributed by atoms with Crippen molar-refractivity contribution in [3.8, 4) is 0 Å². The van der Waals surface area contributed by atoms with Crippen molar-refractivity contribution in [2.24, 2.45) is 0 Å². The van der Waals surface area contributed by atoms with Gasteiger partial charge in [0.1, 0.15) is 0 Å². The maximum Gasteiger partial charge on any atom is 0.257 e. The Morgan fingerprint density at radius 2 is 1.90 bits per heavy atom. The Bertz CT molecular complexity index is 655. The van der Waals surface area contributed by atoms with Gasteiger partial charge in [-0.2, -0.15) is 0 Å². The fraction of sp³-hybridized carbons (Fsp3) is 0.188. The van der Waals surface area contributed by atoms with E-state index < -0.39 is 0 Å². The van der Waals surface area contributed by atoms with Crippen molar-refractivity contribution in [2.75, 3.05) is 11.6 Å². The zero-order valence-electron chi connectivity index (χ0n) is 11.7. The lowest BCUT2D eigenvalue weighted by atomic mass is 10.1. The first-order valence-electron chi connectivity index (χ1n) is 6.23. The molecule has 1 amide bonds. The van der Waals surface area contributed by atoms with Crippen molar-refractivity contribution >= 4 is 35.0 Å². The Morgan fingerprint density at radius 1 is 1.15 bits per heavy atom. The maximum atomic E-state index is 12.4. The lowest BCUT2D eigenvalue weighted by molar-refractivity contribution is 0.102. The molecular weight excluding hydrogens is 290 g/mol. The van der Waals surface area contributed by atoms with Crippen LogP contribution in [-0.2, 0) is 0 Å². The number of aryl methyl sites for hydroxylation is 2. The molecular formula is C16H16ClNOS. The van der Waals surface area contributed by atoms with Crippen LogP contribution >= 0.6 is 23.4 Å². The quantitative estimate of drug-likeness (QED) is 0.815. The SMILES string of the molecule is CSc1ccc(Cl)c(C(=O)Nc2cc(C)ccc2C)c1. The number of nitrogens with one attached hydrogen (secondary N) is 1. The molecule has 0 fully saturated rings. The van der Waals surface area contributed by atoms with Crippen molar-refractivity contribution in [1.29, 1.82) is 0 Å². The van der Waals surface area contributed by atoms with Crippen LogP contribution in [0.4, 0.5) is 5.69 Å². The summed E-state index contributed by atoms with van der Waals surface area (Å²) in [5, 5.41) is 3.39. The molecule has 0 heterocycles. The highest BCUT2D eigenvalue weighted by Crippen LogP contribution is 2.25. The summed E-state index contributed by atoms with van der Waals surface area (Å²) in [7, 11) is 0. The molecule has 0 aromatic heterocycles. The minimum absolute atomic E-state index is 0.181. The summed E-state index contributed by atoms with van der Waals surface area (Å²) in [5.74, 6) is -0.181. The molecule has 20 heavy (non-hydrogen) atoms. The summed E-state index contributed by atoms with van der Waals surface area (Å²) in [6.07, 6.45) is 1.97. The maximum absolute atomic E-state index is 12.4. The van der Waals surface area contributed by atoms with Gasteiger partial charge in [-0.3, -0.25) is 4.79 Å². The third-order valence-electron chi connectivity index (χ3n) is 3.06. The van der Waals surface area contributed by atoms with Gasteiger partial charge in [0.25, 0.3) is 5.91 Å². The number of hydrogen-bond donors (Lipinski definition) is 1. The van der Waals surface area contributed by atoms with Crippen LogP contribution < -0.4 is 5.32 Å². The summed E-state index contributed by atoms with van der Waals surface area (Å²) in [4.78, 5) is 13.4.